The van der Waals surface area contributed by atoms with Crippen LogP contribution in [-0.2, 0) is 0 Å². The summed E-state index contributed by atoms with van der Waals surface area (Å²) < 4.78 is 11.0. The van der Waals surface area contributed by atoms with Crippen LogP contribution in [0.25, 0.3) is 0 Å². The molecule has 1 unspecified atom stereocenters. The van der Waals surface area contributed by atoms with E-state index in [1.807, 2.05) is 18.2 Å². The fourth-order valence-electron chi connectivity index (χ4n) is 2.95. The van der Waals surface area contributed by atoms with Crippen LogP contribution in [0.3, 0.4) is 0 Å². The number of fused-ring (bicyclic) bond motifs is 1. The van der Waals surface area contributed by atoms with Crippen molar-refractivity contribution in [2.24, 2.45) is 0 Å². The summed E-state index contributed by atoms with van der Waals surface area (Å²) in [6.45, 7) is 0.674. The highest BCUT2D eigenvalue weighted by atomic mass is 16.5. The molecule has 2 heterocycles. The predicted octanol–water partition coefficient (Wildman–Crippen LogP) is 2.22. The Morgan fingerprint density at radius 1 is 1.20 bits per heavy atom. The van der Waals surface area contributed by atoms with E-state index in [1.165, 1.54) is 0 Å². The zero-order chi connectivity index (χ0) is 13.5. The lowest BCUT2D eigenvalue weighted by atomic mass is 9.82. The Labute approximate surface area is 116 Å². The lowest BCUT2D eigenvalue weighted by molar-refractivity contribution is 0.0625. The Morgan fingerprint density at radius 3 is 2.90 bits per heavy atom. The van der Waals surface area contributed by atoms with Gasteiger partial charge in [0, 0.05) is 11.5 Å². The molecule has 5 nitrogen and oxygen atoms in total. The third-order valence-electron chi connectivity index (χ3n) is 4.19. The summed E-state index contributed by atoms with van der Waals surface area (Å²) in [6, 6.07) is 8.01. The first-order chi connectivity index (χ1) is 9.81. The van der Waals surface area contributed by atoms with Crippen molar-refractivity contribution >= 4 is 0 Å². The molecule has 1 aromatic heterocycles. The van der Waals surface area contributed by atoms with Crippen molar-refractivity contribution in [2.45, 2.75) is 37.2 Å². The van der Waals surface area contributed by atoms with Gasteiger partial charge in [0.2, 0.25) is 5.89 Å². The standard InChI is InChI=1S/C15H16N2O3/c18-10-7-9(8-10)15-16-14(17-20-15)12-5-6-19-13-4-2-1-3-11(12)13/h1-4,9-10,12,18H,5-8H2. The zero-order valence-corrected chi connectivity index (χ0v) is 11.0. The van der Waals surface area contributed by atoms with Gasteiger partial charge in [-0.15, -0.1) is 0 Å². The summed E-state index contributed by atoms with van der Waals surface area (Å²) in [5, 5.41) is 13.5. The van der Waals surface area contributed by atoms with Gasteiger partial charge in [0.25, 0.3) is 0 Å². The Morgan fingerprint density at radius 2 is 2.05 bits per heavy atom. The molecule has 1 aliphatic heterocycles. The van der Waals surface area contributed by atoms with Crippen LogP contribution >= 0.6 is 0 Å². The molecule has 2 aromatic rings. The molecule has 1 N–H and O–H groups in total. The maximum Gasteiger partial charge on any atom is 0.229 e. The maximum atomic E-state index is 9.36. The van der Waals surface area contributed by atoms with Crippen molar-refractivity contribution in [1.29, 1.82) is 0 Å². The van der Waals surface area contributed by atoms with Crippen molar-refractivity contribution in [2.75, 3.05) is 6.61 Å². The fraction of sp³-hybridized carbons (Fsp3) is 0.467. The molecule has 0 amide bonds. The van der Waals surface area contributed by atoms with Gasteiger partial charge in [0.1, 0.15) is 5.75 Å². The average Bonchev–Trinajstić information content (AvgIpc) is 2.92. The lowest BCUT2D eigenvalue weighted by Gasteiger charge is -2.27. The predicted molar refractivity (Wildman–Crippen MR) is 70.7 cm³/mol. The molecule has 1 atom stereocenters. The molecule has 5 heteroatoms. The first-order valence-electron chi connectivity index (χ1n) is 7.04. The molecule has 20 heavy (non-hydrogen) atoms. The average molecular weight is 272 g/mol. The molecule has 0 spiro atoms. The number of aliphatic hydroxyl groups excluding tert-OH is 1. The number of aromatic nitrogens is 2. The molecule has 2 aliphatic rings. The van der Waals surface area contributed by atoms with Gasteiger partial charge < -0.3 is 14.4 Å². The fourth-order valence-corrected chi connectivity index (χ4v) is 2.95. The summed E-state index contributed by atoms with van der Waals surface area (Å²) in [6.07, 6.45) is 2.11. The van der Waals surface area contributed by atoms with Crippen molar-refractivity contribution in [3.63, 3.8) is 0 Å². The van der Waals surface area contributed by atoms with Crippen molar-refractivity contribution in [1.82, 2.24) is 10.1 Å². The van der Waals surface area contributed by atoms with Crippen molar-refractivity contribution < 1.29 is 14.4 Å². The van der Waals surface area contributed by atoms with Gasteiger partial charge in [-0.05, 0) is 25.3 Å². The van der Waals surface area contributed by atoms with Crippen LogP contribution in [0.1, 0.15) is 48.4 Å². The van der Waals surface area contributed by atoms with E-state index in [9.17, 15) is 5.11 Å². The van der Waals surface area contributed by atoms with E-state index in [0.29, 0.717) is 12.5 Å². The normalized spacial score (nSPS) is 28.4. The molecule has 1 aliphatic carbocycles. The summed E-state index contributed by atoms with van der Waals surface area (Å²) in [5.74, 6) is 2.67. The van der Waals surface area contributed by atoms with Gasteiger partial charge in [-0.3, -0.25) is 0 Å². The minimum Gasteiger partial charge on any atom is -0.493 e. The minimum absolute atomic E-state index is 0.141. The molecular formula is C15H16N2O3. The van der Waals surface area contributed by atoms with Gasteiger partial charge in [0.15, 0.2) is 5.82 Å². The van der Waals surface area contributed by atoms with Crippen LogP contribution in [0.4, 0.5) is 0 Å². The zero-order valence-electron chi connectivity index (χ0n) is 11.0. The number of nitrogens with zero attached hydrogens (tertiary/aromatic N) is 2. The molecule has 104 valence electrons. The van der Waals surface area contributed by atoms with Crippen LogP contribution in [0.15, 0.2) is 28.8 Å². The molecule has 0 bridgehead atoms. The first-order valence-corrected chi connectivity index (χ1v) is 7.04. The molecule has 0 radical (unpaired) electrons. The lowest BCUT2D eigenvalue weighted by Crippen LogP contribution is -2.26. The van der Waals surface area contributed by atoms with E-state index < -0.39 is 0 Å². The van der Waals surface area contributed by atoms with Gasteiger partial charge >= 0.3 is 0 Å². The van der Waals surface area contributed by atoms with Crippen LogP contribution in [0.2, 0.25) is 0 Å². The summed E-state index contributed by atoms with van der Waals surface area (Å²) >= 11 is 0. The Bertz CT molecular complexity index is 619. The molecule has 4 rings (SSSR count). The van der Waals surface area contributed by atoms with E-state index >= 15 is 0 Å². The number of benzene rings is 1. The monoisotopic (exact) mass is 272 g/mol. The third kappa shape index (κ3) is 1.89. The van der Waals surface area contributed by atoms with Crippen molar-refractivity contribution in [3.05, 3.63) is 41.5 Å². The highest BCUT2D eigenvalue weighted by molar-refractivity contribution is 5.40. The largest absolute Gasteiger partial charge is 0.493 e. The maximum absolute atomic E-state index is 9.36. The highest BCUT2D eigenvalue weighted by Gasteiger charge is 2.34. The number of hydrogen-bond donors (Lipinski definition) is 1. The second-order valence-corrected chi connectivity index (χ2v) is 5.54. The van der Waals surface area contributed by atoms with E-state index in [-0.39, 0.29) is 17.9 Å². The number of aliphatic hydroxyl groups is 1. The third-order valence-corrected chi connectivity index (χ3v) is 4.19. The topological polar surface area (TPSA) is 68.4 Å². The SMILES string of the molecule is OC1CC(c2nc(C3CCOc4ccccc43)no2)C1. The van der Waals surface area contributed by atoms with E-state index in [4.69, 9.17) is 9.26 Å². The number of rotatable bonds is 2. The Kier molecular flexibility index (Phi) is 2.73. The van der Waals surface area contributed by atoms with Gasteiger partial charge in [0.05, 0.1) is 18.6 Å². The summed E-state index contributed by atoms with van der Waals surface area (Å²) in [4.78, 5) is 4.54. The van der Waals surface area contributed by atoms with Gasteiger partial charge in [-0.25, -0.2) is 0 Å². The van der Waals surface area contributed by atoms with Crippen molar-refractivity contribution in [3.8, 4) is 5.75 Å². The quantitative estimate of drug-likeness (QED) is 0.907. The number of para-hydroxylation sites is 1. The van der Waals surface area contributed by atoms with E-state index in [1.54, 1.807) is 0 Å². The minimum atomic E-state index is -0.209. The van der Waals surface area contributed by atoms with Crippen LogP contribution in [0, 0.1) is 0 Å². The number of hydrogen-bond acceptors (Lipinski definition) is 5. The van der Waals surface area contributed by atoms with Crippen LogP contribution < -0.4 is 4.74 Å². The van der Waals surface area contributed by atoms with Gasteiger partial charge in [-0.1, -0.05) is 23.4 Å². The Balaban J connectivity index is 1.62. The van der Waals surface area contributed by atoms with E-state index in [0.717, 1.165) is 36.4 Å². The smallest absolute Gasteiger partial charge is 0.229 e. The second-order valence-electron chi connectivity index (χ2n) is 5.54. The highest BCUT2D eigenvalue weighted by Crippen LogP contribution is 2.39. The number of ether oxygens (including phenoxy) is 1. The molecular weight excluding hydrogens is 256 g/mol. The van der Waals surface area contributed by atoms with Crippen LogP contribution in [-0.4, -0.2) is 28.0 Å². The Hall–Kier alpha value is -1.88. The second kappa shape index (κ2) is 4.59. The summed E-state index contributed by atoms with van der Waals surface area (Å²) in [5.41, 5.74) is 1.12. The molecule has 1 fully saturated rings. The first kappa shape index (κ1) is 11.9. The van der Waals surface area contributed by atoms with Gasteiger partial charge in [-0.2, -0.15) is 4.98 Å². The van der Waals surface area contributed by atoms with E-state index in [2.05, 4.69) is 16.2 Å². The molecule has 1 saturated carbocycles. The van der Waals surface area contributed by atoms with Crippen LogP contribution in [0.5, 0.6) is 5.75 Å². The summed E-state index contributed by atoms with van der Waals surface area (Å²) in [7, 11) is 0. The molecule has 1 aromatic carbocycles. The molecule has 0 saturated heterocycles.